The van der Waals surface area contributed by atoms with Crippen LogP contribution in [0, 0.1) is 24.0 Å². The molecule has 2 rings (SSSR count). The van der Waals surface area contributed by atoms with Gasteiger partial charge in [0.05, 0.1) is 10.6 Å². The van der Waals surface area contributed by atoms with E-state index in [1.165, 1.54) is 6.07 Å². The second kappa shape index (κ2) is 5.27. The van der Waals surface area contributed by atoms with Crippen molar-refractivity contribution in [3.63, 3.8) is 0 Å². The maximum atomic E-state index is 10.7. The van der Waals surface area contributed by atoms with E-state index in [0.717, 1.165) is 22.6 Å². The fraction of sp³-hybridized carbons (Fsp3) is 0.250. The van der Waals surface area contributed by atoms with Crippen LogP contribution in [0.4, 0.5) is 11.4 Å². The Hall–Kier alpha value is -2.08. The van der Waals surface area contributed by atoms with Crippen LogP contribution < -0.4 is 5.32 Å². The van der Waals surface area contributed by atoms with Crippen molar-refractivity contribution in [1.29, 1.82) is 0 Å². The first-order chi connectivity index (χ1) is 8.99. The van der Waals surface area contributed by atoms with Gasteiger partial charge < -0.3 is 5.32 Å². The van der Waals surface area contributed by atoms with Crippen molar-refractivity contribution in [2.45, 2.75) is 20.4 Å². The van der Waals surface area contributed by atoms with Gasteiger partial charge in [0.25, 0.3) is 5.69 Å². The van der Waals surface area contributed by atoms with Crippen LogP contribution in [0.25, 0.3) is 0 Å². The number of aromatic amines is 1. The van der Waals surface area contributed by atoms with Crippen LogP contribution in [0.1, 0.15) is 17.0 Å². The average molecular weight is 281 g/mol. The van der Waals surface area contributed by atoms with E-state index < -0.39 is 4.92 Å². The number of benzene rings is 1. The molecule has 0 aliphatic carbocycles. The van der Waals surface area contributed by atoms with Crippen LogP contribution in [0.5, 0.6) is 0 Å². The molecule has 100 valence electrons. The molecule has 0 aliphatic heterocycles. The van der Waals surface area contributed by atoms with Gasteiger partial charge in [-0.2, -0.15) is 5.10 Å². The fourth-order valence-corrected chi connectivity index (χ4v) is 2.04. The van der Waals surface area contributed by atoms with Gasteiger partial charge in [-0.1, -0.05) is 11.6 Å². The Morgan fingerprint density at radius 3 is 2.74 bits per heavy atom. The molecule has 0 atom stereocenters. The molecule has 0 unspecified atom stereocenters. The molecule has 2 aromatic rings. The highest BCUT2D eigenvalue weighted by molar-refractivity contribution is 6.32. The second-order valence-electron chi connectivity index (χ2n) is 4.19. The molecule has 19 heavy (non-hydrogen) atoms. The minimum Gasteiger partial charge on any atom is -0.381 e. The van der Waals surface area contributed by atoms with Gasteiger partial charge in [0, 0.05) is 29.6 Å². The van der Waals surface area contributed by atoms with Gasteiger partial charge in [0.2, 0.25) is 0 Å². The van der Waals surface area contributed by atoms with Gasteiger partial charge in [-0.05, 0) is 26.0 Å². The van der Waals surface area contributed by atoms with Crippen LogP contribution in [0.15, 0.2) is 18.2 Å². The lowest BCUT2D eigenvalue weighted by molar-refractivity contribution is -0.384. The highest BCUT2D eigenvalue weighted by Crippen LogP contribution is 2.27. The predicted molar refractivity (Wildman–Crippen MR) is 73.5 cm³/mol. The maximum Gasteiger partial charge on any atom is 0.288 e. The largest absolute Gasteiger partial charge is 0.381 e. The Bertz CT molecular complexity index is 605. The average Bonchev–Trinajstić information content (AvgIpc) is 2.66. The summed E-state index contributed by atoms with van der Waals surface area (Å²) in [5.41, 5.74) is 3.64. The van der Waals surface area contributed by atoms with Gasteiger partial charge in [-0.25, -0.2) is 0 Å². The normalized spacial score (nSPS) is 10.5. The Morgan fingerprint density at radius 2 is 2.21 bits per heavy atom. The van der Waals surface area contributed by atoms with E-state index in [2.05, 4.69) is 15.5 Å². The highest BCUT2D eigenvalue weighted by Gasteiger charge is 2.12. The number of aryl methyl sites for hydroxylation is 2. The Balaban J connectivity index is 2.13. The molecule has 1 aromatic heterocycles. The molecule has 6 nitrogen and oxygen atoms in total. The van der Waals surface area contributed by atoms with Crippen molar-refractivity contribution in [2.75, 3.05) is 5.32 Å². The SMILES string of the molecule is Cc1n[nH]c(C)c1CNc1ccc([N+](=O)[O-])c(Cl)c1. The Morgan fingerprint density at radius 1 is 1.47 bits per heavy atom. The molecule has 2 N–H and O–H groups in total. The second-order valence-corrected chi connectivity index (χ2v) is 4.60. The third-order valence-corrected chi connectivity index (χ3v) is 3.20. The number of rotatable bonds is 4. The first-order valence-electron chi connectivity index (χ1n) is 5.67. The smallest absolute Gasteiger partial charge is 0.288 e. The zero-order valence-electron chi connectivity index (χ0n) is 10.5. The van der Waals surface area contributed by atoms with Crippen molar-refractivity contribution in [3.05, 3.63) is 50.3 Å². The number of hydrogen-bond donors (Lipinski definition) is 2. The number of nitrogens with zero attached hydrogens (tertiary/aromatic N) is 2. The number of H-pyrrole nitrogens is 1. The van der Waals surface area contributed by atoms with Crippen molar-refractivity contribution < 1.29 is 4.92 Å². The molecule has 0 fully saturated rings. The molecular formula is C12H13ClN4O2. The van der Waals surface area contributed by atoms with Crippen molar-refractivity contribution in [2.24, 2.45) is 0 Å². The topological polar surface area (TPSA) is 83.8 Å². The van der Waals surface area contributed by atoms with Gasteiger partial charge in [-0.15, -0.1) is 0 Å². The first-order valence-corrected chi connectivity index (χ1v) is 6.05. The van der Waals surface area contributed by atoms with Crippen molar-refractivity contribution in [1.82, 2.24) is 10.2 Å². The minimum atomic E-state index is -0.503. The molecule has 0 amide bonds. The van der Waals surface area contributed by atoms with E-state index in [-0.39, 0.29) is 10.7 Å². The summed E-state index contributed by atoms with van der Waals surface area (Å²) < 4.78 is 0. The molecule has 0 saturated carbocycles. The molecule has 0 radical (unpaired) electrons. The molecule has 0 aliphatic rings. The quantitative estimate of drug-likeness (QED) is 0.665. The van der Waals surface area contributed by atoms with Crippen LogP contribution in [-0.4, -0.2) is 15.1 Å². The van der Waals surface area contributed by atoms with E-state index in [4.69, 9.17) is 11.6 Å². The lowest BCUT2D eigenvalue weighted by atomic mass is 10.2. The summed E-state index contributed by atoms with van der Waals surface area (Å²) >= 11 is 5.85. The number of hydrogen-bond acceptors (Lipinski definition) is 4. The Kier molecular flexibility index (Phi) is 3.71. The number of nitro groups is 1. The summed E-state index contributed by atoms with van der Waals surface area (Å²) in [6.45, 7) is 4.45. The predicted octanol–water partition coefficient (Wildman–Crippen LogP) is 3.20. The molecule has 0 saturated heterocycles. The minimum absolute atomic E-state index is 0.0945. The standard InChI is InChI=1S/C12H13ClN4O2/c1-7-10(8(2)16-15-7)6-14-9-3-4-12(17(18)19)11(13)5-9/h3-5,14H,6H2,1-2H3,(H,15,16). The van der Waals surface area contributed by atoms with Crippen molar-refractivity contribution in [3.8, 4) is 0 Å². The highest BCUT2D eigenvalue weighted by atomic mass is 35.5. The number of halogens is 1. The summed E-state index contributed by atoms with van der Waals surface area (Å²) in [6.07, 6.45) is 0. The van der Waals surface area contributed by atoms with Crippen LogP contribution in [-0.2, 0) is 6.54 Å². The summed E-state index contributed by atoms with van der Waals surface area (Å²) in [7, 11) is 0. The summed E-state index contributed by atoms with van der Waals surface area (Å²) in [5, 5.41) is 21.0. The van der Waals surface area contributed by atoms with Crippen LogP contribution in [0.3, 0.4) is 0 Å². The number of anilines is 1. The lowest BCUT2D eigenvalue weighted by Gasteiger charge is -2.07. The number of nitrogens with one attached hydrogen (secondary N) is 2. The Labute approximate surface area is 114 Å². The molecule has 7 heteroatoms. The summed E-state index contributed by atoms with van der Waals surface area (Å²) in [4.78, 5) is 10.2. The van der Waals surface area contributed by atoms with E-state index in [1.54, 1.807) is 12.1 Å². The molecular weight excluding hydrogens is 268 g/mol. The van der Waals surface area contributed by atoms with Crippen LogP contribution in [0.2, 0.25) is 5.02 Å². The molecule has 0 bridgehead atoms. The van der Waals surface area contributed by atoms with Gasteiger partial charge >= 0.3 is 0 Å². The number of nitro benzene ring substituents is 1. The first kappa shape index (κ1) is 13.4. The zero-order chi connectivity index (χ0) is 14.0. The van der Waals surface area contributed by atoms with Crippen molar-refractivity contribution >= 4 is 23.0 Å². The van der Waals surface area contributed by atoms with E-state index in [9.17, 15) is 10.1 Å². The van der Waals surface area contributed by atoms with Gasteiger partial charge in [0.15, 0.2) is 0 Å². The summed E-state index contributed by atoms with van der Waals surface area (Å²) in [6, 6.07) is 4.57. The van der Waals surface area contributed by atoms with E-state index >= 15 is 0 Å². The lowest BCUT2D eigenvalue weighted by Crippen LogP contribution is -2.01. The molecule has 1 aromatic carbocycles. The van der Waals surface area contributed by atoms with Gasteiger partial charge in [-0.3, -0.25) is 15.2 Å². The van der Waals surface area contributed by atoms with E-state index in [1.807, 2.05) is 13.8 Å². The third kappa shape index (κ3) is 2.85. The maximum absolute atomic E-state index is 10.7. The monoisotopic (exact) mass is 280 g/mol. The molecule has 0 spiro atoms. The fourth-order valence-electron chi connectivity index (χ4n) is 1.79. The van der Waals surface area contributed by atoms with E-state index in [0.29, 0.717) is 6.54 Å². The van der Waals surface area contributed by atoms with Gasteiger partial charge in [0.1, 0.15) is 5.02 Å². The number of aromatic nitrogens is 2. The molecule has 1 heterocycles. The zero-order valence-corrected chi connectivity index (χ0v) is 11.3. The summed E-state index contributed by atoms with van der Waals surface area (Å²) in [5.74, 6) is 0. The third-order valence-electron chi connectivity index (χ3n) is 2.89. The van der Waals surface area contributed by atoms with Crippen LogP contribution >= 0.6 is 11.6 Å².